The predicted molar refractivity (Wildman–Crippen MR) is 51.3 cm³/mol. The molecule has 0 spiro atoms. The SMILES string of the molecule is Cc1cccc(N([SiH3])[SiH3])n1. The van der Waals surface area contributed by atoms with Crippen LogP contribution in [0.3, 0.4) is 0 Å². The number of anilines is 1. The quantitative estimate of drug-likeness (QED) is 0.488. The van der Waals surface area contributed by atoms with Gasteiger partial charge in [-0.15, -0.1) is 0 Å². The van der Waals surface area contributed by atoms with Crippen LogP contribution in [0.25, 0.3) is 0 Å². The Morgan fingerprint density at radius 1 is 1.40 bits per heavy atom. The smallest absolute Gasteiger partial charge is 0.111 e. The Morgan fingerprint density at radius 3 is 2.50 bits per heavy atom. The van der Waals surface area contributed by atoms with Crippen molar-refractivity contribution < 1.29 is 0 Å². The van der Waals surface area contributed by atoms with Crippen LogP contribution in [0, 0.1) is 6.92 Å². The van der Waals surface area contributed by atoms with E-state index in [0.717, 1.165) is 32.3 Å². The van der Waals surface area contributed by atoms with Crippen LogP contribution in [0.1, 0.15) is 5.69 Å². The number of aryl methyl sites for hydroxylation is 1. The van der Waals surface area contributed by atoms with Gasteiger partial charge in [0.1, 0.15) is 5.82 Å². The third-order valence-electron chi connectivity index (χ3n) is 1.33. The molecule has 1 aromatic rings. The van der Waals surface area contributed by atoms with Gasteiger partial charge in [0.2, 0.25) is 0 Å². The summed E-state index contributed by atoms with van der Waals surface area (Å²) < 4.78 is 2.27. The Kier molecular flexibility index (Phi) is 2.23. The molecule has 0 aliphatic rings. The molecule has 0 unspecified atom stereocenters. The molecule has 0 amide bonds. The first-order valence-electron chi connectivity index (χ1n) is 3.31. The first-order chi connectivity index (χ1) is 4.70. The Bertz CT molecular complexity index is 225. The molecule has 1 aromatic heterocycles. The molecule has 0 radical (unpaired) electrons. The lowest BCUT2D eigenvalue weighted by atomic mass is 10.4. The molecular formula is C6H12N2Si2. The van der Waals surface area contributed by atoms with E-state index in [2.05, 4.69) is 21.3 Å². The summed E-state index contributed by atoms with van der Waals surface area (Å²) in [5.74, 6) is 1.14. The van der Waals surface area contributed by atoms with Crippen LogP contribution in [0.2, 0.25) is 0 Å². The minimum absolute atomic E-state index is 1.09. The fourth-order valence-electron chi connectivity index (χ4n) is 0.778. The number of hydrogen-bond donors (Lipinski definition) is 0. The summed E-state index contributed by atoms with van der Waals surface area (Å²) in [5.41, 5.74) is 1.11. The van der Waals surface area contributed by atoms with E-state index >= 15 is 0 Å². The second-order valence-electron chi connectivity index (χ2n) is 2.53. The van der Waals surface area contributed by atoms with Gasteiger partial charge in [-0.2, -0.15) is 0 Å². The van der Waals surface area contributed by atoms with Gasteiger partial charge in [-0.1, -0.05) is 6.07 Å². The molecule has 1 heterocycles. The summed E-state index contributed by atoms with van der Waals surface area (Å²) >= 11 is 0. The third kappa shape index (κ3) is 1.68. The van der Waals surface area contributed by atoms with Crippen LogP contribution >= 0.6 is 0 Å². The summed E-state index contributed by atoms with van der Waals surface area (Å²) in [5, 5.41) is 0. The Labute approximate surface area is 67.3 Å². The van der Waals surface area contributed by atoms with Crippen molar-refractivity contribution in [3.8, 4) is 0 Å². The summed E-state index contributed by atoms with van der Waals surface area (Å²) in [6, 6.07) is 6.14. The van der Waals surface area contributed by atoms with Crippen molar-refractivity contribution in [1.29, 1.82) is 0 Å². The van der Waals surface area contributed by atoms with Crippen molar-refractivity contribution in [2.45, 2.75) is 6.92 Å². The van der Waals surface area contributed by atoms with Crippen LogP contribution < -0.4 is 4.23 Å². The zero-order valence-electron chi connectivity index (χ0n) is 6.63. The maximum Gasteiger partial charge on any atom is 0.111 e. The first-order valence-corrected chi connectivity index (χ1v) is 5.10. The third-order valence-corrected chi connectivity index (χ3v) is 2.25. The number of rotatable bonds is 1. The van der Waals surface area contributed by atoms with E-state index < -0.39 is 0 Å². The zero-order valence-corrected chi connectivity index (χ0v) is 10.6. The molecule has 4 heteroatoms. The van der Waals surface area contributed by atoms with Gasteiger partial charge >= 0.3 is 0 Å². The molecule has 54 valence electrons. The van der Waals surface area contributed by atoms with Crippen LogP contribution in [0.4, 0.5) is 5.82 Å². The number of pyridine rings is 1. The van der Waals surface area contributed by atoms with E-state index in [1.54, 1.807) is 0 Å². The Balaban J connectivity index is 2.96. The molecule has 0 aliphatic carbocycles. The molecule has 0 fully saturated rings. The average molecular weight is 168 g/mol. The zero-order chi connectivity index (χ0) is 7.56. The summed E-state index contributed by atoms with van der Waals surface area (Å²) in [4.78, 5) is 4.37. The molecule has 0 aromatic carbocycles. The summed E-state index contributed by atoms with van der Waals surface area (Å²) in [7, 11) is 2.17. The lowest BCUT2D eigenvalue weighted by Crippen LogP contribution is -2.15. The van der Waals surface area contributed by atoms with Gasteiger partial charge in [-0.25, -0.2) is 4.98 Å². The molecular weight excluding hydrogens is 156 g/mol. The maximum atomic E-state index is 4.37. The normalized spacial score (nSPS) is 10.1. The van der Waals surface area contributed by atoms with Crippen LogP contribution in [-0.2, 0) is 0 Å². The minimum Gasteiger partial charge on any atom is -0.425 e. The highest BCUT2D eigenvalue weighted by Crippen LogP contribution is 2.05. The van der Waals surface area contributed by atoms with Crippen LogP contribution in [0.15, 0.2) is 18.2 Å². The first kappa shape index (κ1) is 7.49. The lowest BCUT2D eigenvalue weighted by molar-refractivity contribution is 1.19. The lowest BCUT2D eigenvalue weighted by Gasteiger charge is -2.11. The van der Waals surface area contributed by atoms with Crippen molar-refractivity contribution in [3.05, 3.63) is 23.9 Å². The van der Waals surface area contributed by atoms with Gasteiger partial charge in [0.15, 0.2) is 0 Å². The molecule has 0 saturated heterocycles. The van der Waals surface area contributed by atoms with Crippen molar-refractivity contribution in [1.82, 2.24) is 4.98 Å². The van der Waals surface area contributed by atoms with E-state index in [4.69, 9.17) is 0 Å². The van der Waals surface area contributed by atoms with Crippen LogP contribution in [0.5, 0.6) is 0 Å². The molecule has 0 aliphatic heterocycles. The Morgan fingerprint density at radius 2 is 2.10 bits per heavy atom. The number of aromatic nitrogens is 1. The van der Waals surface area contributed by atoms with Gasteiger partial charge < -0.3 is 4.23 Å². The topological polar surface area (TPSA) is 16.1 Å². The fraction of sp³-hybridized carbons (Fsp3) is 0.167. The maximum absolute atomic E-state index is 4.37. The van der Waals surface area contributed by atoms with Crippen molar-refractivity contribution in [2.75, 3.05) is 4.23 Å². The highest BCUT2D eigenvalue weighted by Gasteiger charge is 1.92. The summed E-state index contributed by atoms with van der Waals surface area (Å²) in [6.45, 7) is 2.02. The largest absolute Gasteiger partial charge is 0.425 e. The van der Waals surface area contributed by atoms with E-state index in [1.807, 2.05) is 13.0 Å². The second kappa shape index (κ2) is 2.98. The molecule has 0 saturated carbocycles. The van der Waals surface area contributed by atoms with E-state index in [9.17, 15) is 0 Å². The van der Waals surface area contributed by atoms with Crippen molar-refractivity contribution in [2.24, 2.45) is 0 Å². The van der Waals surface area contributed by atoms with Gasteiger partial charge in [0.05, 0.1) is 20.8 Å². The summed E-state index contributed by atoms with van der Waals surface area (Å²) in [6.07, 6.45) is 0. The average Bonchev–Trinajstić information content (AvgIpc) is 1.88. The monoisotopic (exact) mass is 168 g/mol. The van der Waals surface area contributed by atoms with Gasteiger partial charge in [0.25, 0.3) is 0 Å². The number of hydrogen-bond acceptors (Lipinski definition) is 2. The Hall–Kier alpha value is -0.616. The van der Waals surface area contributed by atoms with E-state index in [-0.39, 0.29) is 0 Å². The highest BCUT2D eigenvalue weighted by atomic mass is 28.2. The molecule has 2 nitrogen and oxygen atoms in total. The van der Waals surface area contributed by atoms with Gasteiger partial charge in [0, 0.05) is 5.69 Å². The molecule has 10 heavy (non-hydrogen) atoms. The second-order valence-corrected chi connectivity index (χ2v) is 7.00. The number of nitrogens with zero attached hydrogens (tertiary/aromatic N) is 2. The molecule has 1 rings (SSSR count). The van der Waals surface area contributed by atoms with Crippen LogP contribution in [-0.4, -0.2) is 25.8 Å². The van der Waals surface area contributed by atoms with E-state index in [1.165, 1.54) is 0 Å². The van der Waals surface area contributed by atoms with Crippen molar-refractivity contribution >= 4 is 26.6 Å². The van der Waals surface area contributed by atoms with Gasteiger partial charge in [-0.3, -0.25) is 0 Å². The van der Waals surface area contributed by atoms with E-state index in [0.29, 0.717) is 0 Å². The minimum atomic E-state index is 1.09. The van der Waals surface area contributed by atoms with Crippen molar-refractivity contribution in [3.63, 3.8) is 0 Å². The fourth-order valence-corrected chi connectivity index (χ4v) is 1.28. The highest BCUT2D eigenvalue weighted by molar-refractivity contribution is 6.41. The standard InChI is InChI=1S/C6H12N2Si2/c1-5-3-2-4-6(7-5)8(9)10/h2-4H,1,9-10H3. The van der Waals surface area contributed by atoms with Gasteiger partial charge in [-0.05, 0) is 19.1 Å². The molecule has 0 N–H and O–H groups in total. The predicted octanol–water partition coefficient (Wildman–Crippen LogP) is -1.24. The molecule has 0 bridgehead atoms. The molecule has 0 atom stereocenters.